The molecule has 0 radical (unpaired) electrons. The molecule has 0 aliphatic heterocycles. The number of anilines is 2. The zero-order chi connectivity index (χ0) is 25.6. The highest BCUT2D eigenvalue weighted by Gasteiger charge is 2.12. The van der Waals surface area contributed by atoms with Gasteiger partial charge in [0.1, 0.15) is 10.4 Å². The minimum absolute atomic E-state index is 0.0933. The second-order valence-electron chi connectivity index (χ2n) is 8.15. The zero-order valence-corrected chi connectivity index (χ0v) is 22.4. The van der Waals surface area contributed by atoms with Crippen molar-refractivity contribution >= 4 is 56.8 Å². The van der Waals surface area contributed by atoms with E-state index in [2.05, 4.69) is 60.4 Å². The van der Waals surface area contributed by atoms with Gasteiger partial charge < -0.3 is 5.32 Å². The summed E-state index contributed by atoms with van der Waals surface area (Å²) in [6.07, 6.45) is 4.01. The minimum Gasteiger partial charge on any atom is -0.340 e. The number of thioether (sulfide) groups is 1. The summed E-state index contributed by atoms with van der Waals surface area (Å²) < 4.78 is 2.45. The Bertz CT molecular complexity index is 1570. The van der Waals surface area contributed by atoms with Gasteiger partial charge in [0.25, 0.3) is 5.78 Å². The molecule has 37 heavy (non-hydrogen) atoms. The van der Waals surface area contributed by atoms with Crippen LogP contribution in [0.3, 0.4) is 0 Å². The first-order chi connectivity index (χ1) is 18.1. The molecule has 0 atom stereocenters. The van der Waals surface area contributed by atoms with Gasteiger partial charge in [-0.05, 0) is 76.5 Å². The van der Waals surface area contributed by atoms with E-state index >= 15 is 0 Å². The number of allylic oxidation sites excluding steroid dienone is 1. The maximum atomic E-state index is 12.6. The zero-order valence-electron chi connectivity index (χ0n) is 20.0. The standard InChI is InChI=1S/C28H23BrN6OS/c1-2-21-17-26(35-27(32-21)33-28(34-35)37-18-19-7-4-3-5-8-19)31-23-13-11-20(12-14-23)24(36)16-15-22-9-6-10-25(29)30-22/h3-17,31H,2,18H2,1H3/b16-15+. The third-order valence-corrected chi connectivity index (χ3v) is 6.85. The van der Waals surface area contributed by atoms with Gasteiger partial charge >= 0.3 is 0 Å². The molecule has 2 aromatic carbocycles. The second-order valence-corrected chi connectivity index (χ2v) is 9.91. The van der Waals surface area contributed by atoms with Crippen LogP contribution in [0.2, 0.25) is 0 Å². The highest BCUT2D eigenvalue weighted by atomic mass is 79.9. The van der Waals surface area contributed by atoms with Gasteiger partial charge in [0, 0.05) is 28.8 Å². The molecule has 0 aliphatic rings. The summed E-state index contributed by atoms with van der Waals surface area (Å²) in [7, 11) is 0. The van der Waals surface area contributed by atoms with Crippen molar-refractivity contribution in [2.75, 3.05) is 5.32 Å². The van der Waals surface area contributed by atoms with Crippen LogP contribution in [0.25, 0.3) is 11.9 Å². The number of aryl methyl sites for hydroxylation is 1. The number of nitrogens with one attached hydrogen (secondary N) is 1. The minimum atomic E-state index is -0.0933. The second kappa shape index (κ2) is 11.5. The Morgan fingerprint density at radius 2 is 1.81 bits per heavy atom. The van der Waals surface area contributed by atoms with Crippen LogP contribution in [0.5, 0.6) is 0 Å². The number of rotatable bonds is 9. The molecule has 0 bridgehead atoms. The molecule has 9 heteroatoms. The Morgan fingerprint density at radius 1 is 1.00 bits per heavy atom. The molecule has 3 aromatic heterocycles. The SMILES string of the molecule is CCc1cc(Nc2ccc(C(=O)/C=C/c3cccc(Br)n3)cc2)n2nc(SCc3ccccc3)nc2n1. The van der Waals surface area contributed by atoms with Crippen molar-refractivity contribution in [1.29, 1.82) is 0 Å². The molecule has 7 nitrogen and oxygen atoms in total. The number of aromatic nitrogens is 5. The van der Waals surface area contributed by atoms with Crippen LogP contribution in [0.1, 0.15) is 34.2 Å². The molecule has 0 saturated heterocycles. The molecule has 5 rings (SSSR count). The third kappa shape index (κ3) is 6.31. The highest BCUT2D eigenvalue weighted by molar-refractivity contribution is 9.10. The van der Waals surface area contributed by atoms with Crippen molar-refractivity contribution in [3.63, 3.8) is 0 Å². The number of halogens is 1. The van der Waals surface area contributed by atoms with Crippen LogP contribution < -0.4 is 5.32 Å². The number of benzene rings is 2. The van der Waals surface area contributed by atoms with Gasteiger partial charge in [-0.2, -0.15) is 9.50 Å². The molecule has 0 aliphatic carbocycles. The van der Waals surface area contributed by atoms with Crippen molar-refractivity contribution in [1.82, 2.24) is 24.6 Å². The lowest BCUT2D eigenvalue weighted by molar-refractivity contribution is 0.104. The molecular weight excluding hydrogens is 548 g/mol. The first-order valence-corrected chi connectivity index (χ1v) is 13.5. The monoisotopic (exact) mass is 570 g/mol. The van der Waals surface area contributed by atoms with Gasteiger partial charge in [-0.15, -0.1) is 5.10 Å². The van der Waals surface area contributed by atoms with Crippen LogP contribution in [-0.2, 0) is 12.2 Å². The highest BCUT2D eigenvalue weighted by Crippen LogP contribution is 2.24. The largest absolute Gasteiger partial charge is 0.340 e. The average molecular weight is 572 g/mol. The van der Waals surface area contributed by atoms with Crippen LogP contribution in [-0.4, -0.2) is 30.3 Å². The first kappa shape index (κ1) is 24.9. The molecule has 0 spiro atoms. The van der Waals surface area contributed by atoms with E-state index in [0.29, 0.717) is 22.2 Å². The number of carbonyl (C=O) groups is 1. The normalized spacial score (nSPS) is 11.3. The number of pyridine rings is 1. The number of nitrogens with zero attached hydrogens (tertiary/aromatic N) is 5. The number of carbonyl (C=O) groups excluding carboxylic acids is 1. The number of hydrogen-bond donors (Lipinski definition) is 1. The summed E-state index contributed by atoms with van der Waals surface area (Å²) in [5, 5.41) is 8.75. The Kier molecular flexibility index (Phi) is 7.72. The predicted octanol–water partition coefficient (Wildman–Crippen LogP) is 6.78. The molecule has 5 aromatic rings. The topological polar surface area (TPSA) is 85.1 Å². The number of ketones is 1. The van der Waals surface area contributed by atoms with Gasteiger partial charge in [-0.25, -0.2) is 9.97 Å². The Balaban J connectivity index is 1.32. The predicted molar refractivity (Wildman–Crippen MR) is 151 cm³/mol. The van der Waals surface area contributed by atoms with Gasteiger partial charge in [-0.3, -0.25) is 4.79 Å². The molecule has 0 saturated carbocycles. The molecule has 3 heterocycles. The van der Waals surface area contributed by atoms with Crippen molar-refractivity contribution in [2.45, 2.75) is 24.3 Å². The van der Waals surface area contributed by atoms with Crippen LogP contribution in [0, 0.1) is 0 Å². The maximum absolute atomic E-state index is 12.6. The van der Waals surface area contributed by atoms with E-state index in [0.717, 1.165) is 34.0 Å². The van der Waals surface area contributed by atoms with Crippen LogP contribution in [0.15, 0.2) is 94.7 Å². The van der Waals surface area contributed by atoms with Crippen molar-refractivity contribution in [3.05, 3.63) is 112 Å². The fraction of sp³-hybridized carbons (Fsp3) is 0.107. The van der Waals surface area contributed by atoms with Gasteiger partial charge in [0.15, 0.2) is 5.78 Å². The molecule has 0 amide bonds. The summed E-state index contributed by atoms with van der Waals surface area (Å²) in [6, 6.07) is 25.1. The lowest BCUT2D eigenvalue weighted by Crippen LogP contribution is -2.04. The summed E-state index contributed by atoms with van der Waals surface area (Å²) in [4.78, 5) is 26.2. The Hall–Kier alpha value is -3.82. The Labute approximate surface area is 227 Å². The van der Waals surface area contributed by atoms with E-state index in [1.807, 2.05) is 54.6 Å². The van der Waals surface area contributed by atoms with E-state index in [9.17, 15) is 4.79 Å². The Morgan fingerprint density at radius 3 is 2.57 bits per heavy atom. The summed E-state index contributed by atoms with van der Waals surface area (Å²) in [5.41, 5.74) is 4.26. The van der Waals surface area contributed by atoms with Crippen molar-refractivity contribution < 1.29 is 4.79 Å². The van der Waals surface area contributed by atoms with Gasteiger partial charge in [0.2, 0.25) is 5.16 Å². The first-order valence-electron chi connectivity index (χ1n) is 11.7. The number of fused-ring (bicyclic) bond motifs is 1. The van der Waals surface area contributed by atoms with Crippen LogP contribution in [0.4, 0.5) is 11.5 Å². The summed E-state index contributed by atoms with van der Waals surface area (Å²) in [6.45, 7) is 2.06. The van der Waals surface area contributed by atoms with Gasteiger partial charge in [-0.1, -0.05) is 55.1 Å². The van der Waals surface area contributed by atoms with Crippen molar-refractivity contribution in [2.24, 2.45) is 0 Å². The van der Waals surface area contributed by atoms with E-state index in [4.69, 9.17) is 0 Å². The maximum Gasteiger partial charge on any atom is 0.255 e. The molecule has 0 fully saturated rings. The summed E-state index contributed by atoms with van der Waals surface area (Å²) in [5.74, 6) is 2.00. The fourth-order valence-corrected chi connectivity index (χ4v) is 4.72. The smallest absolute Gasteiger partial charge is 0.255 e. The van der Waals surface area contributed by atoms with E-state index < -0.39 is 0 Å². The molecular formula is C28H23BrN6OS. The van der Waals surface area contributed by atoms with Crippen molar-refractivity contribution in [3.8, 4) is 0 Å². The van der Waals surface area contributed by atoms with Gasteiger partial charge in [0.05, 0.1) is 5.69 Å². The third-order valence-electron chi connectivity index (χ3n) is 5.50. The lowest BCUT2D eigenvalue weighted by atomic mass is 10.1. The quantitative estimate of drug-likeness (QED) is 0.0904. The van der Waals surface area contributed by atoms with E-state index in [1.165, 1.54) is 11.6 Å². The lowest BCUT2D eigenvalue weighted by Gasteiger charge is -2.09. The molecule has 0 unspecified atom stereocenters. The fourth-order valence-electron chi connectivity index (χ4n) is 3.59. The molecule has 1 N–H and O–H groups in total. The summed E-state index contributed by atoms with van der Waals surface area (Å²) >= 11 is 4.91. The molecule has 184 valence electrons. The van der Waals surface area contributed by atoms with E-state index in [-0.39, 0.29) is 5.78 Å². The van der Waals surface area contributed by atoms with E-state index in [1.54, 1.807) is 34.5 Å². The number of hydrogen-bond acceptors (Lipinski definition) is 7. The average Bonchev–Trinajstić information content (AvgIpc) is 3.35. The van der Waals surface area contributed by atoms with Crippen LogP contribution >= 0.6 is 27.7 Å².